The minimum atomic E-state index is 0.0634. The molecule has 5 rings (SSSR count). The number of likely N-dealkylation sites (tertiary alicyclic amines) is 1. The zero-order chi connectivity index (χ0) is 22.9. The highest BCUT2D eigenvalue weighted by molar-refractivity contribution is 7.98. The second-order valence-electron chi connectivity index (χ2n) is 9.33. The van der Waals surface area contributed by atoms with Crippen LogP contribution in [0.5, 0.6) is 0 Å². The molecule has 2 heterocycles. The van der Waals surface area contributed by atoms with Gasteiger partial charge in [0.25, 0.3) is 0 Å². The first kappa shape index (κ1) is 22.4. The second kappa shape index (κ2) is 9.43. The van der Waals surface area contributed by atoms with Crippen molar-refractivity contribution in [3.8, 4) is 0 Å². The summed E-state index contributed by atoms with van der Waals surface area (Å²) in [5, 5.41) is 4.74. The Kier molecular flexibility index (Phi) is 6.39. The fourth-order valence-corrected chi connectivity index (χ4v) is 6.69. The lowest BCUT2D eigenvalue weighted by molar-refractivity contribution is 0.124. The van der Waals surface area contributed by atoms with Crippen LogP contribution in [-0.4, -0.2) is 59.6 Å². The van der Waals surface area contributed by atoms with Gasteiger partial charge in [-0.3, -0.25) is 0 Å². The molecule has 0 saturated carbocycles. The van der Waals surface area contributed by atoms with Crippen molar-refractivity contribution in [2.24, 2.45) is 0 Å². The summed E-state index contributed by atoms with van der Waals surface area (Å²) in [6, 6.07) is 18.1. The summed E-state index contributed by atoms with van der Waals surface area (Å²) in [7, 11) is 2.23. The smallest absolute Gasteiger partial charge is 0.317 e. The average molecular weight is 463 g/mol. The lowest BCUT2D eigenvalue weighted by atomic mass is 9.73. The predicted octanol–water partition coefficient (Wildman–Crippen LogP) is 5.22. The SMILES string of the molecule is CCN(CC)C(=O)N[C@H]1C[C@@H]2c3cccc4[nH]c(CSc5ccccc5)c(c34)C[C@H]2N(C)C1. The minimum Gasteiger partial charge on any atom is -0.357 e. The quantitative estimate of drug-likeness (QED) is 0.494. The first-order valence-corrected chi connectivity index (χ1v) is 13.1. The summed E-state index contributed by atoms with van der Waals surface area (Å²) in [6.07, 6.45) is 2.07. The van der Waals surface area contributed by atoms with E-state index in [9.17, 15) is 4.79 Å². The van der Waals surface area contributed by atoms with Gasteiger partial charge in [-0.25, -0.2) is 4.79 Å². The van der Waals surface area contributed by atoms with E-state index in [1.807, 2.05) is 30.5 Å². The first-order chi connectivity index (χ1) is 16.1. The number of nitrogens with one attached hydrogen (secondary N) is 2. The Balaban J connectivity index is 1.41. The molecule has 0 spiro atoms. The maximum Gasteiger partial charge on any atom is 0.317 e. The number of hydrogen-bond acceptors (Lipinski definition) is 3. The number of rotatable bonds is 6. The van der Waals surface area contributed by atoms with Crippen LogP contribution in [0.25, 0.3) is 10.9 Å². The number of hydrogen-bond donors (Lipinski definition) is 2. The molecule has 2 aliphatic rings. The highest BCUT2D eigenvalue weighted by Gasteiger charge is 2.40. The molecule has 5 nitrogen and oxygen atoms in total. The molecule has 2 amide bonds. The van der Waals surface area contributed by atoms with Crippen molar-refractivity contribution < 1.29 is 4.79 Å². The van der Waals surface area contributed by atoms with Gasteiger partial charge in [-0.15, -0.1) is 11.8 Å². The van der Waals surface area contributed by atoms with Gasteiger partial charge in [0.2, 0.25) is 0 Å². The molecular formula is C27H34N4OS. The number of benzene rings is 2. The third-order valence-electron chi connectivity index (χ3n) is 7.44. The average Bonchev–Trinajstić information content (AvgIpc) is 3.18. The Bertz CT molecular complexity index is 1120. The van der Waals surface area contributed by atoms with Gasteiger partial charge >= 0.3 is 6.03 Å². The molecule has 6 heteroatoms. The Morgan fingerprint density at radius 1 is 1.15 bits per heavy atom. The molecule has 1 aromatic heterocycles. The zero-order valence-electron chi connectivity index (χ0n) is 19.8. The molecule has 174 valence electrons. The van der Waals surface area contributed by atoms with Crippen LogP contribution in [0, 0.1) is 0 Å². The fourth-order valence-electron chi connectivity index (χ4n) is 5.78. The maximum absolute atomic E-state index is 12.7. The molecule has 0 bridgehead atoms. The number of fused-ring (bicyclic) bond motifs is 2. The van der Waals surface area contributed by atoms with Gasteiger partial charge in [-0.1, -0.05) is 30.3 Å². The predicted molar refractivity (Wildman–Crippen MR) is 137 cm³/mol. The summed E-state index contributed by atoms with van der Waals surface area (Å²) in [6.45, 7) is 6.46. The lowest BCUT2D eigenvalue weighted by Gasteiger charge is -2.46. The number of piperidine rings is 1. The molecular weight excluding hydrogens is 428 g/mol. The maximum atomic E-state index is 12.7. The highest BCUT2D eigenvalue weighted by atomic mass is 32.2. The molecule has 3 aromatic rings. The Hall–Kier alpha value is -2.44. The van der Waals surface area contributed by atoms with E-state index in [4.69, 9.17) is 0 Å². The number of likely N-dealkylation sites (N-methyl/N-ethyl adjacent to an activating group) is 1. The van der Waals surface area contributed by atoms with Gasteiger partial charge in [0.1, 0.15) is 0 Å². The fraction of sp³-hybridized carbons (Fsp3) is 0.444. The van der Waals surface area contributed by atoms with Crippen LogP contribution in [0.3, 0.4) is 0 Å². The van der Waals surface area contributed by atoms with Crippen LogP contribution in [0.1, 0.15) is 43.0 Å². The van der Waals surface area contributed by atoms with Gasteiger partial charge in [0.15, 0.2) is 0 Å². The van der Waals surface area contributed by atoms with Gasteiger partial charge in [-0.2, -0.15) is 0 Å². The largest absolute Gasteiger partial charge is 0.357 e. The molecule has 3 atom stereocenters. The number of aromatic amines is 1. The molecule has 1 saturated heterocycles. The van der Waals surface area contributed by atoms with E-state index in [1.165, 1.54) is 32.6 Å². The molecule has 1 fully saturated rings. The van der Waals surface area contributed by atoms with Gasteiger partial charge in [0.05, 0.1) is 0 Å². The monoisotopic (exact) mass is 462 g/mol. The van der Waals surface area contributed by atoms with Crippen molar-refractivity contribution in [2.45, 2.75) is 55.3 Å². The molecule has 1 aliphatic heterocycles. The van der Waals surface area contributed by atoms with Crippen LogP contribution in [-0.2, 0) is 12.2 Å². The van der Waals surface area contributed by atoms with Crippen LogP contribution >= 0.6 is 11.8 Å². The van der Waals surface area contributed by atoms with Crippen molar-refractivity contribution in [3.05, 3.63) is 65.4 Å². The van der Waals surface area contributed by atoms with Crippen LogP contribution < -0.4 is 5.32 Å². The molecule has 1 aliphatic carbocycles. The molecule has 0 radical (unpaired) electrons. The van der Waals surface area contributed by atoms with Crippen molar-refractivity contribution >= 4 is 28.7 Å². The third kappa shape index (κ3) is 4.26. The van der Waals surface area contributed by atoms with Gasteiger partial charge in [0, 0.05) is 64.9 Å². The Morgan fingerprint density at radius 2 is 1.94 bits per heavy atom. The standard InChI is InChI=1S/C27H34N4OS/c1-4-31(5-2)27(32)28-18-14-21-20-12-9-13-23-26(20)22(15-25(21)30(3)16-18)24(29-23)17-33-19-10-7-6-8-11-19/h6-13,18,21,25,29H,4-5,14-17H2,1-3H3,(H,28,32)/t18-,21+,25+/m0/s1. The van der Waals surface area contributed by atoms with E-state index < -0.39 is 0 Å². The number of amides is 2. The van der Waals surface area contributed by atoms with Crippen LogP contribution in [0.2, 0.25) is 0 Å². The molecule has 0 unspecified atom stereocenters. The summed E-state index contributed by atoms with van der Waals surface area (Å²) in [5.74, 6) is 1.39. The summed E-state index contributed by atoms with van der Waals surface area (Å²) in [5.41, 5.74) is 5.54. The topological polar surface area (TPSA) is 51.4 Å². The number of nitrogens with zero attached hydrogens (tertiary/aromatic N) is 2. The zero-order valence-corrected chi connectivity index (χ0v) is 20.6. The Labute approximate surface area is 200 Å². The van der Waals surface area contributed by atoms with E-state index >= 15 is 0 Å². The van der Waals surface area contributed by atoms with Gasteiger partial charge in [-0.05, 0) is 63.1 Å². The van der Waals surface area contributed by atoms with Crippen molar-refractivity contribution in [3.63, 3.8) is 0 Å². The number of aromatic nitrogens is 1. The van der Waals surface area contributed by atoms with E-state index in [0.29, 0.717) is 12.0 Å². The third-order valence-corrected chi connectivity index (χ3v) is 8.48. The number of thioether (sulfide) groups is 1. The normalized spacial score (nSPS) is 22.2. The van der Waals surface area contributed by atoms with Crippen LogP contribution in [0.4, 0.5) is 4.79 Å². The second-order valence-corrected chi connectivity index (χ2v) is 10.4. The summed E-state index contributed by atoms with van der Waals surface area (Å²) < 4.78 is 0. The summed E-state index contributed by atoms with van der Waals surface area (Å²) >= 11 is 1.90. The molecule has 33 heavy (non-hydrogen) atoms. The first-order valence-electron chi connectivity index (χ1n) is 12.1. The minimum absolute atomic E-state index is 0.0634. The van der Waals surface area contributed by atoms with Crippen LogP contribution in [0.15, 0.2) is 53.4 Å². The number of carbonyl (C=O) groups is 1. The molecule has 2 N–H and O–H groups in total. The molecule has 2 aromatic carbocycles. The number of urea groups is 1. The Morgan fingerprint density at radius 3 is 2.70 bits per heavy atom. The summed E-state index contributed by atoms with van der Waals surface area (Å²) in [4.78, 5) is 22.1. The number of carbonyl (C=O) groups excluding carboxylic acids is 1. The number of H-pyrrole nitrogens is 1. The van der Waals surface area contributed by atoms with E-state index in [-0.39, 0.29) is 12.1 Å². The van der Waals surface area contributed by atoms with E-state index in [0.717, 1.165) is 38.2 Å². The van der Waals surface area contributed by atoms with Crippen molar-refractivity contribution in [1.29, 1.82) is 0 Å². The lowest BCUT2D eigenvalue weighted by Crippen LogP contribution is -2.56. The van der Waals surface area contributed by atoms with Crippen molar-refractivity contribution in [1.82, 2.24) is 20.1 Å². The van der Waals surface area contributed by atoms with Gasteiger partial charge < -0.3 is 20.1 Å². The van der Waals surface area contributed by atoms with E-state index in [2.05, 4.69) is 70.8 Å². The highest BCUT2D eigenvalue weighted by Crippen LogP contribution is 2.45. The van der Waals surface area contributed by atoms with Crippen molar-refractivity contribution in [2.75, 3.05) is 26.7 Å². The van der Waals surface area contributed by atoms with E-state index in [1.54, 1.807) is 0 Å².